The van der Waals surface area contributed by atoms with Gasteiger partial charge in [0.15, 0.2) is 0 Å². The number of hydrogen-bond donors (Lipinski definition) is 0. The van der Waals surface area contributed by atoms with Crippen molar-refractivity contribution in [1.29, 1.82) is 0 Å². The Morgan fingerprint density at radius 2 is 1.30 bits per heavy atom. The van der Waals surface area contributed by atoms with Crippen LogP contribution in [-0.4, -0.2) is 24.4 Å². The van der Waals surface area contributed by atoms with E-state index in [0.29, 0.717) is 0 Å². The lowest BCUT2D eigenvalue weighted by Crippen LogP contribution is -2.46. The molecule has 0 amide bonds. The summed E-state index contributed by atoms with van der Waals surface area (Å²) >= 11 is 29.6. The van der Waals surface area contributed by atoms with Crippen molar-refractivity contribution in [1.82, 2.24) is 0 Å². The maximum absolute atomic E-state index is 6.59. The van der Waals surface area contributed by atoms with E-state index < -0.39 is 8.32 Å². The van der Waals surface area contributed by atoms with Crippen molar-refractivity contribution in [2.24, 2.45) is 0 Å². The Morgan fingerprint density at radius 1 is 0.870 bits per heavy atom. The number of alkyl halides is 3. The molecular formula is C15H20Br3Cl3OSi. The first-order valence-electron chi connectivity index (χ1n) is 7.31. The van der Waals surface area contributed by atoms with E-state index in [1.807, 2.05) is 32.9 Å². The quantitative estimate of drug-likeness (QED) is 0.169. The van der Waals surface area contributed by atoms with E-state index in [0.717, 1.165) is 37.3 Å². The number of benzene rings is 1. The highest BCUT2D eigenvalue weighted by molar-refractivity contribution is 9.14. The van der Waals surface area contributed by atoms with Gasteiger partial charge in [0.1, 0.15) is 5.75 Å². The van der Waals surface area contributed by atoms with Gasteiger partial charge in [0, 0.05) is 25.1 Å². The highest BCUT2D eigenvalue weighted by Gasteiger charge is 2.41. The Bertz CT molecular complexity index is 500. The van der Waals surface area contributed by atoms with Crippen LogP contribution in [0.5, 0.6) is 5.75 Å². The molecule has 3 atom stereocenters. The minimum absolute atomic E-state index is 0.0187. The van der Waals surface area contributed by atoms with E-state index in [9.17, 15) is 0 Å². The zero-order chi connectivity index (χ0) is 17.8. The summed E-state index contributed by atoms with van der Waals surface area (Å²) < 4.78 is 9.36. The van der Waals surface area contributed by atoms with Gasteiger partial charge in [-0.25, -0.2) is 0 Å². The average molecular weight is 590 g/mol. The third-order valence-electron chi connectivity index (χ3n) is 3.29. The van der Waals surface area contributed by atoms with Gasteiger partial charge in [0.2, 0.25) is 0 Å². The largest absolute Gasteiger partial charge is 0.543 e. The number of halogens is 6. The molecule has 0 radical (unpaired) electrons. The van der Waals surface area contributed by atoms with Gasteiger partial charge in [-0.05, 0) is 98.8 Å². The van der Waals surface area contributed by atoms with E-state index in [4.69, 9.17) is 39.2 Å². The smallest absolute Gasteiger partial charge is 0.255 e. The predicted molar refractivity (Wildman–Crippen MR) is 116 cm³/mol. The molecule has 1 rings (SSSR count). The summed E-state index contributed by atoms with van der Waals surface area (Å²) in [6.45, 7) is 5.99. The van der Waals surface area contributed by atoms with Gasteiger partial charge in [-0.3, -0.25) is 0 Å². The fraction of sp³-hybridized carbons (Fsp3) is 0.600. The van der Waals surface area contributed by atoms with Gasteiger partial charge < -0.3 is 4.43 Å². The van der Waals surface area contributed by atoms with Crippen molar-refractivity contribution in [2.45, 2.75) is 55.0 Å². The Balaban J connectivity index is 3.24. The lowest BCUT2D eigenvalue weighted by atomic mass is 10.3. The first-order valence-corrected chi connectivity index (χ1v) is 13.5. The van der Waals surface area contributed by atoms with Crippen LogP contribution in [0.25, 0.3) is 0 Å². The monoisotopic (exact) mass is 586 g/mol. The van der Waals surface area contributed by atoms with Crippen LogP contribution in [0.1, 0.15) is 20.8 Å². The fourth-order valence-corrected chi connectivity index (χ4v) is 11.2. The summed E-state index contributed by atoms with van der Waals surface area (Å²) in [7, 11) is -2.26. The molecule has 0 aliphatic carbocycles. The van der Waals surface area contributed by atoms with Crippen molar-refractivity contribution in [3.8, 4) is 5.75 Å². The molecule has 1 aromatic rings. The molecule has 0 fully saturated rings. The molecule has 3 unspecified atom stereocenters. The molecule has 0 saturated carbocycles. The Hall–Kier alpha value is 1.55. The Labute approximate surface area is 180 Å². The third kappa shape index (κ3) is 7.36. The van der Waals surface area contributed by atoms with Crippen LogP contribution in [0.15, 0.2) is 25.6 Å². The average Bonchev–Trinajstić information content (AvgIpc) is 2.37. The van der Waals surface area contributed by atoms with Gasteiger partial charge in [0.25, 0.3) is 8.32 Å². The molecule has 23 heavy (non-hydrogen) atoms. The van der Waals surface area contributed by atoms with Crippen LogP contribution in [0.3, 0.4) is 0 Å². The second-order valence-electron chi connectivity index (χ2n) is 5.91. The molecule has 8 heteroatoms. The summed E-state index contributed by atoms with van der Waals surface area (Å²) in [6.07, 6.45) is 0. The van der Waals surface area contributed by atoms with Crippen LogP contribution in [0.4, 0.5) is 0 Å². The van der Waals surface area contributed by atoms with Crippen molar-refractivity contribution in [2.75, 3.05) is 0 Å². The minimum Gasteiger partial charge on any atom is -0.543 e. The molecule has 1 nitrogen and oxygen atoms in total. The van der Waals surface area contributed by atoms with Crippen LogP contribution in [-0.2, 0) is 0 Å². The summed E-state index contributed by atoms with van der Waals surface area (Å²) in [4.78, 5) is 0. The van der Waals surface area contributed by atoms with Gasteiger partial charge in [-0.1, -0.05) is 0 Å². The van der Waals surface area contributed by atoms with Crippen molar-refractivity contribution < 1.29 is 4.43 Å². The first kappa shape index (κ1) is 22.6. The maximum atomic E-state index is 6.59. The van der Waals surface area contributed by atoms with Crippen LogP contribution in [0, 0.1) is 0 Å². The maximum Gasteiger partial charge on any atom is 0.255 e. The molecule has 0 saturated heterocycles. The molecule has 132 valence electrons. The van der Waals surface area contributed by atoms with Crippen molar-refractivity contribution in [3.05, 3.63) is 25.6 Å². The standard InChI is InChI=1S/C15H20Br3Cl3OSi/c1-9(19)6-23(7-10(2)20,8-11(3)21)22-13-5-4-12(16)14(17)15(13)18/h4-5,9-11H,6-8H2,1-3H3. The first-order chi connectivity index (χ1) is 10.6. The topological polar surface area (TPSA) is 9.23 Å². The van der Waals surface area contributed by atoms with E-state index in [1.54, 1.807) is 0 Å². The van der Waals surface area contributed by atoms with E-state index in [-0.39, 0.29) is 16.1 Å². The van der Waals surface area contributed by atoms with E-state index in [1.165, 1.54) is 0 Å². The van der Waals surface area contributed by atoms with Crippen LogP contribution < -0.4 is 4.43 Å². The third-order valence-corrected chi connectivity index (χ3v) is 12.6. The summed E-state index contributed by atoms with van der Waals surface area (Å²) in [5.41, 5.74) is 0. The molecule has 0 aromatic heterocycles. The van der Waals surface area contributed by atoms with Gasteiger partial charge in [-0.15, -0.1) is 34.8 Å². The van der Waals surface area contributed by atoms with Gasteiger partial charge in [0.05, 0.1) is 4.47 Å². The Morgan fingerprint density at radius 3 is 1.70 bits per heavy atom. The fourth-order valence-electron chi connectivity index (χ4n) is 2.73. The minimum atomic E-state index is -2.26. The zero-order valence-corrected chi connectivity index (χ0v) is 21.2. The summed E-state index contributed by atoms with van der Waals surface area (Å²) in [5.74, 6) is 0.804. The predicted octanol–water partition coefficient (Wildman–Crippen LogP) is 8.18. The lowest BCUT2D eigenvalue weighted by Gasteiger charge is -2.35. The Kier molecular flexibility index (Phi) is 9.85. The molecule has 0 heterocycles. The zero-order valence-electron chi connectivity index (χ0n) is 13.2. The molecule has 0 aliphatic rings. The van der Waals surface area contributed by atoms with Gasteiger partial charge >= 0.3 is 0 Å². The molecule has 0 bridgehead atoms. The second kappa shape index (κ2) is 10.0. The SMILES string of the molecule is CC(Cl)C[Si](CC(C)Cl)(CC(C)Cl)Oc1ccc(Br)c(Br)c1Br. The van der Waals surface area contributed by atoms with Crippen LogP contribution in [0.2, 0.25) is 18.1 Å². The molecule has 0 N–H and O–H groups in total. The number of hydrogen-bond acceptors (Lipinski definition) is 1. The molecule has 0 spiro atoms. The van der Waals surface area contributed by atoms with Crippen molar-refractivity contribution >= 4 is 90.9 Å². The normalized spacial score (nSPS) is 18.1. The number of rotatable bonds is 8. The highest BCUT2D eigenvalue weighted by Crippen LogP contribution is 2.41. The summed E-state index contributed by atoms with van der Waals surface area (Å²) in [6, 6.07) is 6.34. The van der Waals surface area contributed by atoms with Gasteiger partial charge in [-0.2, -0.15) is 0 Å². The van der Waals surface area contributed by atoms with Crippen LogP contribution >= 0.6 is 82.6 Å². The second-order valence-corrected chi connectivity index (χ2v) is 14.4. The lowest BCUT2D eigenvalue weighted by molar-refractivity contribution is 0.517. The van der Waals surface area contributed by atoms with E-state index in [2.05, 4.69) is 47.8 Å². The molecular weight excluding hydrogens is 570 g/mol. The molecule has 1 aromatic carbocycles. The summed E-state index contributed by atoms with van der Waals surface area (Å²) in [5, 5.41) is 0.0560. The highest BCUT2D eigenvalue weighted by atomic mass is 79.9. The van der Waals surface area contributed by atoms with E-state index >= 15 is 0 Å². The molecule has 0 aliphatic heterocycles. The van der Waals surface area contributed by atoms with Crippen molar-refractivity contribution in [3.63, 3.8) is 0 Å².